The van der Waals surface area contributed by atoms with Crippen LogP contribution in [0.4, 0.5) is 0 Å². The minimum atomic E-state index is -1.12. The second-order valence-electron chi connectivity index (χ2n) is 5.69. The van der Waals surface area contributed by atoms with Crippen LogP contribution in [-0.4, -0.2) is 0 Å². The molecular weight excluding hydrogens is 315 g/mol. The van der Waals surface area contributed by atoms with E-state index in [2.05, 4.69) is 38.1 Å². The van der Waals surface area contributed by atoms with Gasteiger partial charge in [-0.3, -0.25) is 0 Å². The highest BCUT2D eigenvalue weighted by Gasteiger charge is 2.17. The molecule has 0 saturated carbocycles. The Kier molecular flexibility index (Phi) is 5.51. The number of para-hydroxylation sites is 2. The van der Waals surface area contributed by atoms with Crippen LogP contribution >= 0.6 is 8.38 Å². The van der Waals surface area contributed by atoms with Crippen molar-refractivity contribution in [1.82, 2.24) is 0 Å². The molecule has 0 atom stereocenters. The molecule has 0 bridgehead atoms. The van der Waals surface area contributed by atoms with Crippen molar-refractivity contribution in [2.45, 2.75) is 20.0 Å². The van der Waals surface area contributed by atoms with Crippen molar-refractivity contribution >= 4 is 8.38 Å². The van der Waals surface area contributed by atoms with Crippen molar-refractivity contribution in [2.24, 2.45) is 0 Å². The Morgan fingerprint density at radius 3 is 1.58 bits per heavy atom. The average Bonchev–Trinajstić information content (AvgIpc) is 2.60. The molecule has 0 radical (unpaired) electrons. The lowest BCUT2D eigenvalue weighted by Gasteiger charge is -2.21. The monoisotopic (exact) mass is 336 g/mol. The standard InChI is InChI=1S/C21H21O2P/c1-17-10-6-8-14-20(17)22-24(16-19-12-4-3-5-13-19)23-21-15-9-7-11-18(21)2/h3-15H,16H2,1-2H3. The van der Waals surface area contributed by atoms with Gasteiger partial charge in [-0.1, -0.05) is 66.7 Å². The molecule has 0 aromatic heterocycles. The zero-order valence-electron chi connectivity index (χ0n) is 14.0. The van der Waals surface area contributed by atoms with E-state index < -0.39 is 8.38 Å². The molecule has 0 aliphatic rings. The van der Waals surface area contributed by atoms with Crippen LogP contribution in [0.15, 0.2) is 78.9 Å². The van der Waals surface area contributed by atoms with E-state index in [9.17, 15) is 0 Å². The van der Waals surface area contributed by atoms with Crippen molar-refractivity contribution in [3.63, 3.8) is 0 Å². The van der Waals surface area contributed by atoms with Gasteiger partial charge in [-0.2, -0.15) is 0 Å². The summed E-state index contributed by atoms with van der Waals surface area (Å²) in [6.07, 6.45) is 0.749. The summed E-state index contributed by atoms with van der Waals surface area (Å²) in [5, 5.41) is 0. The molecule has 3 heteroatoms. The predicted octanol–water partition coefficient (Wildman–Crippen LogP) is 6.27. The highest BCUT2D eigenvalue weighted by molar-refractivity contribution is 7.47. The predicted molar refractivity (Wildman–Crippen MR) is 101 cm³/mol. The van der Waals surface area contributed by atoms with Gasteiger partial charge >= 0.3 is 0 Å². The molecule has 0 aliphatic carbocycles. The molecule has 0 saturated heterocycles. The summed E-state index contributed by atoms with van der Waals surface area (Å²) < 4.78 is 12.5. The van der Waals surface area contributed by atoms with Gasteiger partial charge in [0.05, 0.1) is 6.16 Å². The van der Waals surface area contributed by atoms with Crippen LogP contribution in [-0.2, 0) is 6.16 Å². The van der Waals surface area contributed by atoms with Crippen LogP contribution in [0.1, 0.15) is 16.7 Å². The lowest BCUT2D eigenvalue weighted by atomic mass is 10.2. The Hall–Kier alpha value is -2.31. The van der Waals surface area contributed by atoms with Gasteiger partial charge in [-0.15, -0.1) is 0 Å². The SMILES string of the molecule is Cc1ccccc1OP(Cc1ccccc1)Oc1ccccc1C. The zero-order valence-corrected chi connectivity index (χ0v) is 14.9. The van der Waals surface area contributed by atoms with Crippen LogP contribution in [0.25, 0.3) is 0 Å². The maximum absolute atomic E-state index is 6.25. The fourth-order valence-electron chi connectivity index (χ4n) is 2.35. The van der Waals surface area contributed by atoms with Crippen molar-refractivity contribution in [1.29, 1.82) is 0 Å². The molecule has 0 fully saturated rings. The lowest BCUT2D eigenvalue weighted by molar-refractivity contribution is 0.484. The molecule has 0 unspecified atom stereocenters. The minimum Gasteiger partial charge on any atom is -0.438 e. The molecule has 0 aliphatic heterocycles. The van der Waals surface area contributed by atoms with Crippen LogP contribution in [0.3, 0.4) is 0 Å². The molecule has 24 heavy (non-hydrogen) atoms. The summed E-state index contributed by atoms with van der Waals surface area (Å²) in [5.41, 5.74) is 3.45. The van der Waals surface area contributed by atoms with E-state index in [1.165, 1.54) is 5.56 Å². The van der Waals surface area contributed by atoms with Gasteiger partial charge in [0.1, 0.15) is 11.5 Å². The van der Waals surface area contributed by atoms with Crippen LogP contribution in [0.5, 0.6) is 11.5 Å². The highest BCUT2D eigenvalue weighted by Crippen LogP contribution is 2.44. The molecule has 122 valence electrons. The Morgan fingerprint density at radius 1 is 0.625 bits per heavy atom. The summed E-state index contributed by atoms with van der Waals surface area (Å²) in [7, 11) is -1.12. The molecule has 2 nitrogen and oxygen atoms in total. The van der Waals surface area contributed by atoms with E-state index in [1.807, 2.05) is 54.6 Å². The third-order valence-corrected chi connectivity index (χ3v) is 5.17. The van der Waals surface area contributed by atoms with Crippen molar-refractivity contribution in [3.05, 3.63) is 95.6 Å². The third kappa shape index (κ3) is 4.37. The summed E-state index contributed by atoms with van der Waals surface area (Å²) in [5.74, 6) is 1.77. The Balaban J connectivity index is 1.83. The maximum atomic E-state index is 6.25. The van der Waals surface area contributed by atoms with E-state index in [-0.39, 0.29) is 0 Å². The number of hydrogen-bond donors (Lipinski definition) is 0. The average molecular weight is 336 g/mol. The number of aryl methyl sites for hydroxylation is 2. The molecule has 0 heterocycles. The maximum Gasteiger partial charge on any atom is 0.295 e. The summed E-state index contributed by atoms with van der Waals surface area (Å²) in [6.45, 7) is 4.11. The topological polar surface area (TPSA) is 18.5 Å². The Labute approximate surface area is 145 Å². The molecule has 3 rings (SSSR count). The summed E-state index contributed by atoms with van der Waals surface area (Å²) >= 11 is 0. The molecule has 3 aromatic carbocycles. The number of hydrogen-bond acceptors (Lipinski definition) is 2. The number of rotatable bonds is 6. The Morgan fingerprint density at radius 2 is 1.08 bits per heavy atom. The third-order valence-electron chi connectivity index (χ3n) is 3.74. The first-order chi connectivity index (χ1) is 11.7. The van der Waals surface area contributed by atoms with E-state index in [1.54, 1.807) is 0 Å². The van der Waals surface area contributed by atoms with E-state index >= 15 is 0 Å². The summed E-state index contributed by atoms with van der Waals surface area (Å²) in [4.78, 5) is 0. The van der Waals surface area contributed by atoms with Crippen molar-refractivity contribution < 1.29 is 9.05 Å². The van der Waals surface area contributed by atoms with Crippen molar-refractivity contribution in [2.75, 3.05) is 0 Å². The van der Waals surface area contributed by atoms with E-state index in [0.717, 1.165) is 28.8 Å². The van der Waals surface area contributed by atoms with Crippen LogP contribution in [0.2, 0.25) is 0 Å². The smallest absolute Gasteiger partial charge is 0.295 e. The normalized spacial score (nSPS) is 10.6. The van der Waals surface area contributed by atoms with Crippen LogP contribution < -0.4 is 9.05 Å². The van der Waals surface area contributed by atoms with Gasteiger partial charge < -0.3 is 9.05 Å². The summed E-state index contributed by atoms with van der Waals surface area (Å²) in [6, 6.07) is 26.5. The number of benzene rings is 3. The quantitative estimate of drug-likeness (QED) is 0.494. The van der Waals surface area contributed by atoms with Gasteiger partial charge in [0.15, 0.2) is 0 Å². The molecule has 0 amide bonds. The van der Waals surface area contributed by atoms with Gasteiger partial charge in [0.2, 0.25) is 0 Å². The first-order valence-corrected chi connectivity index (χ1v) is 9.37. The second kappa shape index (κ2) is 7.99. The van der Waals surface area contributed by atoms with Gasteiger partial charge in [-0.05, 0) is 42.7 Å². The van der Waals surface area contributed by atoms with Crippen LogP contribution in [0, 0.1) is 13.8 Å². The lowest BCUT2D eigenvalue weighted by Crippen LogP contribution is -2.01. The highest BCUT2D eigenvalue weighted by atomic mass is 31.2. The fraction of sp³-hybridized carbons (Fsp3) is 0.143. The molecular formula is C21H21O2P. The largest absolute Gasteiger partial charge is 0.438 e. The van der Waals surface area contributed by atoms with Crippen molar-refractivity contribution in [3.8, 4) is 11.5 Å². The molecule has 3 aromatic rings. The fourth-order valence-corrected chi connectivity index (χ4v) is 3.88. The molecule has 0 spiro atoms. The first-order valence-electron chi connectivity index (χ1n) is 8.01. The van der Waals surface area contributed by atoms with Gasteiger partial charge in [0, 0.05) is 0 Å². The zero-order chi connectivity index (χ0) is 16.8. The van der Waals surface area contributed by atoms with Gasteiger partial charge in [-0.25, -0.2) is 0 Å². The molecule has 0 N–H and O–H groups in total. The Bertz CT molecular complexity index is 739. The van der Waals surface area contributed by atoms with E-state index in [0.29, 0.717) is 0 Å². The minimum absolute atomic E-state index is 0.749. The van der Waals surface area contributed by atoms with Gasteiger partial charge in [0.25, 0.3) is 8.38 Å². The van der Waals surface area contributed by atoms with E-state index in [4.69, 9.17) is 9.05 Å². The first kappa shape index (κ1) is 16.5. The second-order valence-corrected chi connectivity index (χ2v) is 7.04.